The molecule has 8 heteroatoms. The van der Waals surface area contributed by atoms with Gasteiger partial charge in [0.05, 0.1) is 10.7 Å². The molecule has 31 heavy (non-hydrogen) atoms. The third kappa shape index (κ3) is 5.39. The zero-order valence-electron chi connectivity index (χ0n) is 17.3. The molecule has 3 rings (SSSR count). The second-order valence-electron chi connectivity index (χ2n) is 7.29. The lowest BCUT2D eigenvalue weighted by atomic mass is 10.1. The average Bonchev–Trinajstić information content (AvgIpc) is 2.72. The van der Waals surface area contributed by atoms with Crippen LogP contribution in [0, 0.1) is 13.8 Å². The number of carbonyl (C=O) groups excluding carboxylic acids is 1. The van der Waals surface area contributed by atoms with Gasteiger partial charge < -0.3 is 4.90 Å². The molecular formula is C23H22Cl2N2O3S. The van der Waals surface area contributed by atoms with E-state index in [0.717, 1.165) is 16.7 Å². The Balaban J connectivity index is 1.87. The van der Waals surface area contributed by atoms with E-state index < -0.39 is 10.0 Å². The second-order valence-corrected chi connectivity index (χ2v) is 9.78. The van der Waals surface area contributed by atoms with Crippen molar-refractivity contribution in [3.8, 4) is 0 Å². The van der Waals surface area contributed by atoms with Gasteiger partial charge in [0.2, 0.25) is 0 Å². The van der Waals surface area contributed by atoms with Gasteiger partial charge in [-0.25, -0.2) is 8.42 Å². The Morgan fingerprint density at radius 1 is 1.00 bits per heavy atom. The van der Waals surface area contributed by atoms with E-state index in [0.29, 0.717) is 17.3 Å². The van der Waals surface area contributed by atoms with E-state index in [1.54, 1.807) is 31.3 Å². The van der Waals surface area contributed by atoms with Crippen molar-refractivity contribution in [3.63, 3.8) is 0 Å². The molecule has 0 saturated heterocycles. The van der Waals surface area contributed by atoms with Gasteiger partial charge in [-0.2, -0.15) is 0 Å². The van der Waals surface area contributed by atoms with Crippen molar-refractivity contribution in [1.29, 1.82) is 0 Å². The lowest BCUT2D eigenvalue weighted by Crippen LogP contribution is -2.26. The first-order chi connectivity index (χ1) is 14.6. The fourth-order valence-electron chi connectivity index (χ4n) is 3.06. The summed E-state index contributed by atoms with van der Waals surface area (Å²) in [5, 5.41) is 0.649. The number of halogens is 2. The third-order valence-corrected chi connectivity index (χ3v) is 7.10. The molecule has 0 fully saturated rings. The van der Waals surface area contributed by atoms with Crippen molar-refractivity contribution < 1.29 is 13.2 Å². The van der Waals surface area contributed by atoms with Crippen LogP contribution < -0.4 is 4.72 Å². The van der Waals surface area contributed by atoms with E-state index in [2.05, 4.69) is 4.72 Å². The zero-order chi connectivity index (χ0) is 22.8. The minimum Gasteiger partial charge on any atom is -0.337 e. The molecule has 1 N–H and O–H groups in total. The maximum absolute atomic E-state index is 13.0. The van der Waals surface area contributed by atoms with Gasteiger partial charge in [0.1, 0.15) is 4.90 Å². The fraction of sp³-hybridized carbons (Fsp3) is 0.174. The number of nitrogens with zero attached hydrogens (tertiary/aromatic N) is 1. The monoisotopic (exact) mass is 476 g/mol. The number of hydrogen-bond donors (Lipinski definition) is 1. The molecule has 162 valence electrons. The molecule has 0 heterocycles. The fourth-order valence-corrected chi connectivity index (χ4v) is 4.84. The number of aryl methyl sites for hydroxylation is 1. The maximum Gasteiger partial charge on any atom is 0.263 e. The summed E-state index contributed by atoms with van der Waals surface area (Å²) in [6, 6.07) is 16.8. The molecule has 0 bridgehead atoms. The number of anilines is 1. The van der Waals surface area contributed by atoms with Crippen molar-refractivity contribution in [2.24, 2.45) is 0 Å². The van der Waals surface area contributed by atoms with Crippen molar-refractivity contribution in [3.05, 3.63) is 93.0 Å². The van der Waals surface area contributed by atoms with Crippen LogP contribution in [0.25, 0.3) is 0 Å². The molecule has 0 saturated carbocycles. The summed E-state index contributed by atoms with van der Waals surface area (Å²) >= 11 is 12.1. The van der Waals surface area contributed by atoms with E-state index >= 15 is 0 Å². The quantitative estimate of drug-likeness (QED) is 0.497. The molecular weight excluding hydrogens is 455 g/mol. The second kappa shape index (κ2) is 9.30. The molecule has 0 unspecified atom stereocenters. The Morgan fingerprint density at radius 2 is 1.68 bits per heavy atom. The largest absolute Gasteiger partial charge is 0.337 e. The summed E-state index contributed by atoms with van der Waals surface area (Å²) in [4.78, 5) is 14.3. The van der Waals surface area contributed by atoms with Crippen LogP contribution >= 0.6 is 23.2 Å². The summed E-state index contributed by atoms with van der Waals surface area (Å²) in [6.45, 7) is 4.08. The first kappa shape index (κ1) is 23.1. The Hall–Kier alpha value is -2.54. The van der Waals surface area contributed by atoms with Gasteiger partial charge in [-0.3, -0.25) is 9.52 Å². The molecule has 0 spiro atoms. The summed E-state index contributed by atoms with van der Waals surface area (Å²) in [5.74, 6) is -0.324. The molecule has 1 amide bonds. The zero-order valence-corrected chi connectivity index (χ0v) is 19.6. The molecule has 3 aromatic carbocycles. The van der Waals surface area contributed by atoms with E-state index in [4.69, 9.17) is 23.2 Å². The summed E-state index contributed by atoms with van der Waals surface area (Å²) in [7, 11) is -2.35. The smallest absolute Gasteiger partial charge is 0.263 e. The van der Waals surface area contributed by atoms with Crippen LogP contribution in [0.15, 0.2) is 65.6 Å². The molecule has 0 aliphatic rings. The van der Waals surface area contributed by atoms with Crippen molar-refractivity contribution in [2.75, 3.05) is 11.8 Å². The van der Waals surface area contributed by atoms with E-state index in [1.165, 1.54) is 23.1 Å². The predicted octanol–water partition coefficient (Wildman–Crippen LogP) is 5.68. The number of rotatable bonds is 6. The average molecular weight is 477 g/mol. The van der Waals surface area contributed by atoms with Crippen LogP contribution in [0.1, 0.15) is 27.0 Å². The third-order valence-electron chi connectivity index (χ3n) is 5.00. The Kier molecular flexibility index (Phi) is 6.94. The molecule has 3 aromatic rings. The lowest BCUT2D eigenvalue weighted by molar-refractivity contribution is 0.0785. The predicted molar refractivity (Wildman–Crippen MR) is 125 cm³/mol. The number of nitrogens with one attached hydrogen (secondary N) is 1. The Bertz CT molecular complexity index is 1230. The molecule has 5 nitrogen and oxygen atoms in total. The van der Waals surface area contributed by atoms with Crippen LogP contribution in [0.2, 0.25) is 10.0 Å². The van der Waals surface area contributed by atoms with Gasteiger partial charge >= 0.3 is 0 Å². The minimum absolute atomic E-state index is 0.0368. The van der Waals surface area contributed by atoms with E-state index in [1.807, 2.05) is 32.0 Å². The van der Waals surface area contributed by atoms with Crippen molar-refractivity contribution >= 4 is 44.8 Å². The normalized spacial score (nSPS) is 11.3. The highest BCUT2D eigenvalue weighted by Crippen LogP contribution is 2.27. The molecule has 0 radical (unpaired) electrons. The number of hydrogen-bond acceptors (Lipinski definition) is 3. The van der Waals surface area contributed by atoms with Gasteiger partial charge in [-0.15, -0.1) is 0 Å². The van der Waals surface area contributed by atoms with Gasteiger partial charge in [0.25, 0.3) is 15.9 Å². The molecule has 0 atom stereocenters. The first-order valence-electron chi connectivity index (χ1n) is 9.47. The highest BCUT2D eigenvalue weighted by Gasteiger charge is 2.22. The van der Waals surface area contributed by atoms with Crippen LogP contribution in [-0.2, 0) is 16.6 Å². The van der Waals surface area contributed by atoms with Crippen LogP contribution in [0.5, 0.6) is 0 Å². The molecule has 0 aliphatic carbocycles. The Labute approximate surface area is 192 Å². The number of benzene rings is 3. The lowest BCUT2D eigenvalue weighted by Gasteiger charge is -2.18. The van der Waals surface area contributed by atoms with Gasteiger partial charge in [-0.05, 0) is 66.9 Å². The topological polar surface area (TPSA) is 66.5 Å². The highest BCUT2D eigenvalue weighted by atomic mass is 35.5. The number of carbonyl (C=O) groups is 1. The van der Waals surface area contributed by atoms with Crippen molar-refractivity contribution in [1.82, 2.24) is 4.90 Å². The molecule has 0 aliphatic heterocycles. The van der Waals surface area contributed by atoms with E-state index in [9.17, 15) is 13.2 Å². The SMILES string of the molecule is Cc1cccc(NS(=O)(=O)c2cc(C(=O)N(C)Cc3ccc(Cl)cc3)ccc2Cl)c1C. The van der Waals surface area contributed by atoms with E-state index in [-0.39, 0.29) is 21.4 Å². The molecule has 0 aromatic heterocycles. The van der Waals surface area contributed by atoms with Crippen molar-refractivity contribution in [2.45, 2.75) is 25.3 Å². The summed E-state index contributed by atoms with van der Waals surface area (Å²) in [6.07, 6.45) is 0. The van der Waals surface area contributed by atoms with Crippen LogP contribution in [0.4, 0.5) is 5.69 Å². The summed E-state index contributed by atoms with van der Waals surface area (Å²) in [5.41, 5.74) is 3.37. The van der Waals surface area contributed by atoms with Gasteiger partial charge in [0.15, 0.2) is 0 Å². The maximum atomic E-state index is 13.0. The van der Waals surface area contributed by atoms with Gasteiger partial charge in [-0.1, -0.05) is 47.5 Å². The van der Waals surface area contributed by atoms with Gasteiger partial charge in [0, 0.05) is 24.2 Å². The first-order valence-corrected chi connectivity index (χ1v) is 11.7. The summed E-state index contributed by atoms with van der Waals surface area (Å²) < 4.78 is 28.6. The minimum atomic E-state index is -4.00. The number of sulfonamides is 1. The standard InChI is InChI=1S/C23H22Cl2N2O3S/c1-15-5-4-6-21(16(15)2)26-31(29,30)22-13-18(9-12-20(22)25)23(28)27(3)14-17-7-10-19(24)11-8-17/h4-13,26H,14H2,1-3H3. The number of amides is 1. The van der Waals surface area contributed by atoms with Crippen LogP contribution in [0.3, 0.4) is 0 Å². The Morgan fingerprint density at radius 3 is 2.35 bits per heavy atom. The highest BCUT2D eigenvalue weighted by molar-refractivity contribution is 7.92. The van der Waals surface area contributed by atoms with Crippen LogP contribution in [-0.4, -0.2) is 26.3 Å².